The lowest BCUT2D eigenvalue weighted by Gasteiger charge is -2.22. The lowest BCUT2D eigenvalue weighted by Crippen LogP contribution is -2.13. The van der Waals surface area contributed by atoms with Gasteiger partial charge in [-0.25, -0.2) is 0 Å². The molecule has 0 aromatic carbocycles. The summed E-state index contributed by atoms with van der Waals surface area (Å²) in [5.74, 6) is 0.430. The lowest BCUT2D eigenvalue weighted by molar-refractivity contribution is 0.103. The van der Waals surface area contributed by atoms with Gasteiger partial charge in [-0.3, -0.25) is 0 Å². The van der Waals surface area contributed by atoms with Gasteiger partial charge in [-0.05, 0) is 47.6 Å². The zero-order chi connectivity index (χ0) is 9.10. The van der Waals surface area contributed by atoms with Gasteiger partial charge in [0.1, 0.15) is 0 Å². The van der Waals surface area contributed by atoms with Gasteiger partial charge in [-0.2, -0.15) is 11.3 Å². The summed E-state index contributed by atoms with van der Waals surface area (Å²) in [5.41, 5.74) is 1.09. The summed E-state index contributed by atoms with van der Waals surface area (Å²) in [6.07, 6.45) is 7.40. The van der Waals surface area contributed by atoms with Gasteiger partial charge in [0.2, 0.25) is 0 Å². The zero-order valence-corrected chi connectivity index (χ0v) is 8.33. The molecule has 1 nitrogen and oxygen atoms in total. The Balaban J connectivity index is 2.04. The van der Waals surface area contributed by atoms with Crippen molar-refractivity contribution >= 4 is 11.3 Å². The van der Waals surface area contributed by atoms with E-state index in [1.807, 2.05) is 16.8 Å². The van der Waals surface area contributed by atoms with Crippen molar-refractivity contribution in [2.45, 2.75) is 25.4 Å². The van der Waals surface area contributed by atoms with Crippen molar-refractivity contribution in [2.75, 3.05) is 0 Å². The molecule has 13 heavy (non-hydrogen) atoms. The lowest BCUT2D eigenvalue weighted by atomic mass is 9.87. The molecule has 1 aromatic heterocycles. The number of aliphatic hydroxyl groups is 1. The molecule has 2 heteroatoms. The van der Waals surface area contributed by atoms with E-state index in [4.69, 9.17) is 0 Å². The van der Waals surface area contributed by atoms with Gasteiger partial charge in [0.15, 0.2) is 0 Å². The summed E-state index contributed by atoms with van der Waals surface area (Å²) in [4.78, 5) is 0. The maximum absolute atomic E-state index is 10.0. The van der Waals surface area contributed by atoms with Gasteiger partial charge >= 0.3 is 0 Å². The van der Waals surface area contributed by atoms with Crippen LogP contribution >= 0.6 is 11.3 Å². The number of hydrogen-bond acceptors (Lipinski definition) is 2. The Bertz CT molecular complexity index is 276. The number of hydrogen-bond donors (Lipinski definition) is 1. The second-order valence-corrected chi connectivity index (χ2v) is 4.33. The first-order valence-corrected chi connectivity index (χ1v) is 5.67. The normalized spacial score (nSPS) is 24.5. The molecule has 0 saturated carbocycles. The van der Waals surface area contributed by atoms with Gasteiger partial charge in [0.05, 0.1) is 6.10 Å². The van der Waals surface area contributed by atoms with E-state index >= 15 is 0 Å². The molecule has 1 heterocycles. The maximum atomic E-state index is 10.0. The Morgan fingerprint density at radius 1 is 1.46 bits per heavy atom. The Morgan fingerprint density at radius 3 is 3.00 bits per heavy atom. The first-order valence-electron chi connectivity index (χ1n) is 4.73. The van der Waals surface area contributed by atoms with Crippen molar-refractivity contribution in [1.29, 1.82) is 0 Å². The fourth-order valence-electron chi connectivity index (χ4n) is 1.82. The van der Waals surface area contributed by atoms with Crippen molar-refractivity contribution < 1.29 is 5.11 Å². The number of rotatable bonds is 2. The van der Waals surface area contributed by atoms with Crippen LogP contribution in [0.15, 0.2) is 29.0 Å². The van der Waals surface area contributed by atoms with Crippen LogP contribution in [0.1, 0.15) is 30.9 Å². The van der Waals surface area contributed by atoms with Crippen molar-refractivity contribution in [2.24, 2.45) is 5.92 Å². The SMILES string of the molecule is OC(c1ccsc1)C1CC=CCC1. The van der Waals surface area contributed by atoms with Crippen LogP contribution in [-0.4, -0.2) is 5.11 Å². The Labute approximate surface area is 82.7 Å². The summed E-state index contributed by atoms with van der Waals surface area (Å²) < 4.78 is 0. The van der Waals surface area contributed by atoms with E-state index in [1.165, 1.54) is 0 Å². The second kappa shape index (κ2) is 4.07. The smallest absolute Gasteiger partial charge is 0.0829 e. The van der Waals surface area contributed by atoms with Crippen LogP contribution < -0.4 is 0 Å². The minimum absolute atomic E-state index is 0.254. The third-order valence-electron chi connectivity index (χ3n) is 2.64. The molecule has 1 aromatic rings. The maximum Gasteiger partial charge on any atom is 0.0829 e. The van der Waals surface area contributed by atoms with E-state index in [0.717, 1.165) is 24.8 Å². The van der Waals surface area contributed by atoms with Crippen LogP contribution in [0, 0.1) is 5.92 Å². The minimum atomic E-state index is -0.254. The topological polar surface area (TPSA) is 20.2 Å². The van der Waals surface area contributed by atoms with Crippen LogP contribution in [0.3, 0.4) is 0 Å². The minimum Gasteiger partial charge on any atom is -0.388 e. The average molecular weight is 194 g/mol. The standard InChI is InChI=1S/C11H14OS/c12-11(10-6-7-13-8-10)9-4-2-1-3-5-9/h1-2,6-9,11-12H,3-5H2. The van der Waals surface area contributed by atoms with Gasteiger partial charge in [0, 0.05) is 0 Å². The molecule has 2 unspecified atom stereocenters. The highest BCUT2D eigenvalue weighted by Gasteiger charge is 2.20. The highest BCUT2D eigenvalue weighted by molar-refractivity contribution is 7.07. The molecule has 0 bridgehead atoms. The molecular weight excluding hydrogens is 180 g/mol. The Hall–Kier alpha value is -0.600. The first kappa shape index (κ1) is 8.97. The van der Waals surface area contributed by atoms with E-state index in [-0.39, 0.29) is 6.10 Å². The first-order chi connectivity index (χ1) is 6.38. The second-order valence-electron chi connectivity index (χ2n) is 3.55. The van der Waals surface area contributed by atoms with Crippen molar-refractivity contribution in [1.82, 2.24) is 0 Å². The van der Waals surface area contributed by atoms with Gasteiger partial charge < -0.3 is 5.11 Å². The monoisotopic (exact) mass is 194 g/mol. The molecule has 0 fully saturated rings. The van der Waals surface area contributed by atoms with Crippen LogP contribution in [0.4, 0.5) is 0 Å². The Kier molecular flexibility index (Phi) is 2.81. The molecule has 2 rings (SSSR count). The van der Waals surface area contributed by atoms with Gasteiger partial charge in [-0.1, -0.05) is 12.2 Å². The van der Waals surface area contributed by atoms with E-state index in [0.29, 0.717) is 5.92 Å². The fraction of sp³-hybridized carbons (Fsp3) is 0.455. The van der Waals surface area contributed by atoms with Gasteiger partial charge in [0.25, 0.3) is 0 Å². The predicted octanol–water partition coefficient (Wildman–Crippen LogP) is 3.14. The largest absolute Gasteiger partial charge is 0.388 e. The van der Waals surface area contributed by atoms with E-state index in [1.54, 1.807) is 11.3 Å². The van der Waals surface area contributed by atoms with E-state index in [9.17, 15) is 5.11 Å². The van der Waals surface area contributed by atoms with Crippen molar-refractivity contribution in [3.05, 3.63) is 34.5 Å². The highest BCUT2D eigenvalue weighted by atomic mass is 32.1. The molecule has 1 N–H and O–H groups in total. The quantitative estimate of drug-likeness (QED) is 0.717. The van der Waals surface area contributed by atoms with E-state index < -0.39 is 0 Å². The predicted molar refractivity (Wildman–Crippen MR) is 55.8 cm³/mol. The molecule has 0 amide bonds. The third kappa shape index (κ3) is 2.01. The highest BCUT2D eigenvalue weighted by Crippen LogP contribution is 2.32. The van der Waals surface area contributed by atoms with E-state index in [2.05, 4.69) is 12.2 Å². The summed E-state index contributed by atoms with van der Waals surface area (Å²) in [7, 11) is 0. The molecular formula is C11H14OS. The molecule has 2 atom stereocenters. The number of thiophene rings is 1. The van der Waals surface area contributed by atoms with Crippen LogP contribution in [-0.2, 0) is 0 Å². The summed E-state index contributed by atoms with van der Waals surface area (Å²) >= 11 is 1.65. The molecule has 0 spiro atoms. The van der Waals surface area contributed by atoms with Crippen LogP contribution in [0.25, 0.3) is 0 Å². The zero-order valence-electron chi connectivity index (χ0n) is 7.52. The number of allylic oxidation sites excluding steroid dienone is 2. The molecule has 0 radical (unpaired) electrons. The van der Waals surface area contributed by atoms with Crippen molar-refractivity contribution in [3.8, 4) is 0 Å². The summed E-state index contributed by atoms with van der Waals surface area (Å²) in [5, 5.41) is 14.1. The van der Waals surface area contributed by atoms with Crippen LogP contribution in [0.5, 0.6) is 0 Å². The fourth-order valence-corrected chi connectivity index (χ4v) is 2.51. The summed E-state index contributed by atoms with van der Waals surface area (Å²) in [6.45, 7) is 0. The average Bonchev–Trinajstić information content (AvgIpc) is 2.71. The van der Waals surface area contributed by atoms with Crippen LogP contribution in [0.2, 0.25) is 0 Å². The van der Waals surface area contributed by atoms with Gasteiger partial charge in [-0.15, -0.1) is 0 Å². The van der Waals surface area contributed by atoms with Crippen molar-refractivity contribution in [3.63, 3.8) is 0 Å². The number of aliphatic hydroxyl groups excluding tert-OH is 1. The Morgan fingerprint density at radius 2 is 2.38 bits per heavy atom. The summed E-state index contributed by atoms with van der Waals surface area (Å²) in [6, 6.07) is 2.02. The third-order valence-corrected chi connectivity index (χ3v) is 3.34. The molecule has 0 aliphatic heterocycles. The molecule has 70 valence electrons. The molecule has 1 aliphatic rings. The molecule has 1 aliphatic carbocycles. The molecule has 0 saturated heterocycles.